The van der Waals surface area contributed by atoms with E-state index < -0.39 is 17.5 Å². The maximum Gasteiger partial charge on any atom is 0.274 e. The van der Waals surface area contributed by atoms with Crippen LogP contribution in [-0.4, -0.2) is 21.8 Å². The second-order valence-electron chi connectivity index (χ2n) is 5.73. The van der Waals surface area contributed by atoms with Gasteiger partial charge in [-0.3, -0.25) is 9.59 Å². The van der Waals surface area contributed by atoms with Crippen molar-refractivity contribution in [1.82, 2.24) is 9.97 Å². The second kappa shape index (κ2) is 8.21. The smallest absolute Gasteiger partial charge is 0.274 e. The third kappa shape index (κ3) is 4.85. The number of halogens is 2. The number of nitrogens with zero attached hydrogens (tertiary/aromatic N) is 2. The molecule has 0 bridgehead atoms. The van der Waals surface area contributed by atoms with Crippen molar-refractivity contribution < 1.29 is 18.4 Å². The number of anilines is 4. The summed E-state index contributed by atoms with van der Waals surface area (Å²) in [5, 5.41) is 7.88. The first-order valence-electron chi connectivity index (χ1n) is 8.15. The van der Waals surface area contributed by atoms with Crippen LogP contribution >= 0.6 is 0 Å². The standard InChI is InChI=1S/C19H15F2N5O2/c1-11(27)23-13-3-5-14(6-4-13)24-18(28)17-8-9-22-19(26-17)25-16-7-2-12(20)10-15(16)21/h2-10H,1H3,(H,23,27)(H,24,28)(H,22,25,26). The van der Waals surface area contributed by atoms with Gasteiger partial charge in [0, 0.05) is 30.6 Å². The zero-order chi connectivity index (χ0) is 20.1. The molecule has 0 atom stereocenters. The molecular weight excluding hydrogens is 368 g/mol. The molecule has 0 aliphatic heterocycles. The molecule has 2 amide bonds. The van der Waals surface area contributed by atoms with Gasteiger partial charge in [-0.25, -0.2) is 18.7 Å². The molecule has 3 aromatic rings. The van der Waals surface area contributed by atoms with E-state index in [0.29, 0.717) is 11.4 Å². The molecule has 1 heterocycles. The highest BCUT2D eigenvalue weighted by Gasteiger charge is 2.11. The van der Waals surface area contributed by atoms with Gasteiger partial charge in [-0.1, -0.05) is 0 Å². The second-order valence-corrected chi connectivity index (χ2v) is 5.73. The molecule has 0 saturated heterocycles. The summed E-state index contributed by atoms with van der Waals surface area (Å²) in [6.07, 6.45) is 1.34. The summed E-state index contributed by atoms with van der Waals surface area (Å²) in [6.45, 7) is 1.40. The maximum absolute atomic E-state index is 13.7. The minimum Gasteiger partial charge on any atom is -0.326 e. The summed E-state index contributed by atoms with van der Waals surface area (Å²) in [6, 6.07) is 10.9. The predicted octanol–water partition coefficient (Wildman–Crippen LogP) is 3.71. The molecule has 7 nitrogen and oxygen atoms in total. The molecule has 9 heteroatoms. The number of nitrogens with one attached hydrogen (secondary N) is 3. The third-order valence-electron chi connectivity index (χ3n) is 3.53. The average Bonchev–Trinajstić information content (AvgIpc) is 2.65. The van der Waals surface area contributed by atoms with Crippen molar-refractivity contribution in [3.63, 3.8) is 0 Å². The van der Waals surface area contributed by atoms with Crippen LogP contribution in [-0.2, 0) is 4.79 Å². The van der Waals surface area contributed by atoms with Crippen LogP contribution in [0.25, 0.3) is 0 Å². The third-order valence-corrected chi connectivity index (χ3v) is 3.53. The minimum absolute atomic E-state index is 0.0147. The molecule has 0 fully saturated rings. The van der Waals surface area contributed by atoms with Gasteiger partial charge in [0.25, 0.3) is 5.91 Å². The highest BCUT2D eigenvalue weighted by molar-refractivity contribution is 6.03. The van der Waals surface area contributed by atoms with E-state index >= 15 is 0 Å². The minimum atomic E-state index is -0.808. The molecular formula is C19H15F2N5O2. The lowest BCUT2D eigenvalue weighted by Gasteiger charge is -2.09. The molecule has 0 spiro atoms. The van der Waals surface area contributed by atoms with Gasteiger partial charge in [0.2, 0.25) is 11.9 Å². The fraction of sp³-hybridized carbons (Fsp3) is 0.0526. The van der Waals surface area contributed by atoms with E-state index in [1.807, 2.05) is 0 Å². The molecule has 0 aliphatic carbocycles. The number of hydrogen-bond donors (Lipinski definition) is 3. The van der Waals surface area contributed by atoms with Crippen molar-refractivity contribution in [2.75, 3.05) is 16.0 Å². The van der Waals surface area contributed by atoms with Gasteiger partial charge < -0.3 is 16.0 Å². The lowest BCUT2D eigenvalue weighted by molar-refractivity contribution is -0.114. The number of hydrogen-bond acceptors (Lipinski definition) is 5. The van der Waals surface area contributed by atoms with Crippen LogP contribution in [0.4, 0.5) is 31.8 Å². The zero-order valence-electron chi connectivity index (χ0n) is 14.7. The fourth-order valence-electron chi connectivity index (χ4n) is 2.29. The van der Waals surface area contributed by atoms with Gasteiger partial charge in [0.05, 0.1) is 5.69 Å². The van der Waals surface area contributed by atoms with Crippen LogP contribution in [0, 0.1) is 11.6 Å². The Bertz CT molecular complexity index is 1030. The van der Waals surface area contributed by atoms with Crippen molar-refractivity contribution >= 4 is 34.8 Å². The largest absolute Gasteiger partial charge is 0.326 e. The Morgan fingerprint density at radius 1 is 0.929 bits per heavy atom. The van der Waals surface area contributed by atoms with E-state index in [-0.39, 0.29) is 23.2 Å². The Labute approximate surface area is 158 Å². The molecule has 3 N–H and O–H groups in total. The van der Waals surface area contributed by atoms with E-state index in [4.69, 9.17) is 0 Å². The van der Waals surface area contributed by atoms with Gasteiger partial charge in [0.1, 0.15) is 17.3 Å². The van der Waals surface area contributed by atoms with Crippen LogP contribution < -0.4 is 16.0 Å². The Kier molecular flexibility index (Phi) is 5.54. The molecule has 142 valence electrons. The number of carbonyl (C=O) groups excluding carboxylic acids is 2. The Morgan fingerprint density at radius 2 is 1.61 bits per heavy atom. The lowest BCUT2D eigenvalue weighted by Crippen LogP contribution is -2.15. The summed E-state index contributed by atoms with van der Waals surface area (Å²) >= 11 is 0. The van der Waals surface area contributed by atoms with E-state index in [9.17, 15) is 18.4 Å². The molecule has 3 rings (SSSR count). The van der Waals surface area contributed by atoms with Crippen molar-refractivity contribution in [3.05, 3.63) is 72.1 Å². The number of amides is 2. The van der Waals surface area contributed by atoms with Crippen LogP contribution in [0.5, 0.6) is 0 Å². The van der Waals surface area contributed by atoms with Crippen LogP contribution in [0.15, 0.2) is 54.7 Å². The first-order valence-corrected chi connectivity index (χ1v) is 8.15. The normalized spacial score (nSPS) is 10.2. The zero-order valence-corrected chi connectivity index (χ0v) is 14.7. The number of benzene rings is 2. The van der Waals surface area contributed by atoms with Gasteiger partial charge in [-0.2, -0.15) is 0 Å². The first-order chi connectivity index (χ1) is 13.4. The fourth-order valence-corrected chi connectivity index (χ4v) is 2.29. The molecule has 0 radical (unpaired) electrons. The summed E-state index contributed by atoms with van der Waals surface area (Å²) in [5.41, 5.74) is 1.12. The average molecular weight is 383 g/mol. The van der Waals surface area contributed by atoms with E-state index in [1.165, 1.54) is 25.3 Å². The molecule has 0 unspecified atom stereocenters. The summed E-state index contributed by atoms with van der Waals surface area (Å²) in [7, 11) is 0. The molecule has 0 saturated carbocycles. The molecule has 1 aromatic heterocycles. The molecule has 2 aromatic carbocycles. The highest BCUT2D eigenvalue weighted by Crippen LogP contribution is 2.19. The van der Waals surface area contributed by atoms with Crippen LogP contribution in [0.1, 0.15) is 17.4 Å². The Balaban J connectivity index is 1.70. The highest BCUT2D eigenvalue weighted by atomic mass is 19.1. The lowest BCUT2D eigenvalue weighted by atomic mass is 10.2. The topological polar surface area (TPSA) is 96.0 Å². The monoisotopic (exact) mass is 383 g/mol. The number of rotatable bonds is 5. The predicted molar refractivity (Wildman–Crippen MR) is 100 cm³/mol. The first kappa shape index (κ1) is 18.9. The van der Waals surface area contributed by atoms with Crippen molar-refractivity contribution in [2.24, 2.45) is 0 Å². The van der Waals surface area contributed by atoms with Gasteiger partial charge in [0.15, 0.2) is 0 Å². The maximum atomic E-state index is 13.7. The molecule has 28 heavy (non-hydrogen) atoms. The van der Waals surface area contributed by atoms with E-state index in [2.05, 4.69) is 25.9 Å². The number of carbonyl (C=O) groups is 2. The van der Waals surface area contributed by atoms with Gasteiger partial charge in [-0.05, 0) is 42.5 Å². The van der Waals surface area contributed by atoms with Crippen molar-refractivity contribution in [3.8, 4) is 0 Å². The van der Waals surface area contributed by atoms with Gasteiger partial charge in [-0.15, -0.1) is 0 Å². The Hall–Kier alpha value is -3.88. The van der Waals surface area contributed by atoms with E-state index in [1.54, 1.807) is 24.3 Å². The van der Waals surface area contributed by atoms with Crippen molar-refractivity contribution in [1.29, 1.82) is 0 Å². The summed E-state index contributed by atoms with van der Waals surface area (Å²) in [4.78, 5) is 31.3. The molecule has 0 aliphatic rings. The van der Waals surface area contributed by atoms with Crippen LogP contribution in [0.3, 0.4) is 0 Å². The Morgan fingerprint density at radius 3 is 2.25 bits per heavy atom. The summed E-state index contributed by atoms with van der Waals surface area (Å²) < 4.78 is 26.7. The van der Waals surface area contributed by atoms with E-state index in [0.717, 1.165) is 12.1 Å². The van der Waals surface area contributed by atoms with Gasteiger partial charge >= 0.3 is 0 Å². The SMILES string of the molecule is CC(=O)Nc1ccc(NC(=O)c2ccnc(Nc3ccc(F)cc3F)n2)cc1. The van der Waals surface area contributed by atoms with Crippen LogP contribution in [0.2, 0.25) is 0 Å². The number of aromatic nitrogens is 2. The van der Waals surface area contributed by atoms with Crippen molar-refractivity contribution in [2.45, 2.75) is 6.92 Å². The quantitative estimate of drug-likeness (QED) is 0.624. The summed E-state index contributed by atoms with van der Waals surface area (Å²) in [5.74, 6) is -2.23.